The number of nitrogens with zero attached hydrogens (tertiary/aromatic N) is 2. The Hall–Kier alpha value is -1.13. The van der Waals surface area contributed by atoms with E-state index in [2.05, 4.69) is 53.8 Å². The number of aliphatic hydroxyl groups excluding tert-OH is 1. The monoisotopic (exact) mass is 322 g/mol. The zero-order valence-corrected chi connectivity index (χ0v) is 13.4. The van der Waals surface area contributed by atoms with Gasteiger partial charge in [-0.05, 0) is 47.8 Å². The molecule has 0 radical (unpaired) electrons. The lowest BCUT2D eigenvalue weighted by atomic mass is 9.99. The van der Waals surface area contributed by atoms with Gasteiger partial charge in [0.15, 0.2) is 0 Å². The van der Waals surface area contributed by atoms with Gasteiger partial charge in [-0.3, -0.25) is 0 Å². The molecule has 2 aromatic rings. The maximum atomic E-state index is 9.09. The van der Waals surface area contributed by atoms with Crippen molar-refractivity contribution in [3.8, 4) is 11.4 Å². The molecule has 0 bridgehead atoms. The Labute approximate surface area is 122 Å². The topological polar surface area (TPSA) is 38.1 Å². The van der Waals surface area contributed by atoms with E-state index in [0.717, 1.165) is 16.1 Å². The van der Waals surface area contributed by atoms with Gasteiger partial charge in [-0.1, -0.05) is 17.7 Å². The number of hydrogen-bond donors (Lipinski definition) is 1. The fraction of sp³-hybridized carbons (Fsp3) is 0.400. The lowest BCUT2D eigenvalue weighted by Crippen LogP contribution is -1.98. The molecule has 0 fully saturated rings. The van der Waals surface area contributed by atoms with Crippen LogP contribution in [0.3, 0.4) is 0 Å². The van der Waals surface area contributed by atoms with Gasteiger partial charge in [0.2, 0.25) is 0 Å². The maximum absolute atomic E-state index is 9.09. The predicted molar refractivity (Wildman–Crippen MR) is 81.3 cm³/mol. The van der Waals surface area contributed by atoms with Crippen LogP contribution in [0.15, 0.2) is 16.7 Å². The summed E-state index contributed by atoms with van der Waals surface area (Å²) in [5.74, 6) is 0.949. The molecular weight excluding hydrogens is 304 g/mol. The zero-order chi connectivity index (χ0) is 14.2. The van der Waals surface area contributed by atoms with E-state index in [1.165, 1.54) is 22.3 Å². The van der Waals surface area contributed by atoms with Gasteiger partial charge in [-0.2, -0.15) is 0 Å². The summed E-state index contributed by atoms with van der Waals surface area (Å²) >= 11 is 3.55. The first-order valence-electron chi connectivity index (χ1n) is 6.36. The molecule has 1 aromatic heterocycles. The third kappa shape index (κ3) is 2.60. The van der Waals surface area contributed by atoms with Crippen molar-refractivity contribution >= 4 is 15.9 Å². The average Bonchev–Trinajstić information content (AvgIpc) is 2.57. The minimum Gasteiger partial charge on any atom is -0.396 e. The van der Waals surface area contributed by atoms with Crippen molar-refractivity contribution in [2.75, 3.05) is 6.61 Å². The molecule has 3 nitrogen and oxygen atoms in total. The highest BCUT2D eigenvalue weighted by Gasteiger charge is 2.17. The van der Waals surface area contributed by atoms with Crippen LogP contribution in [0.2, 0.25) is 0 Å². The van der Waals surface area contributed by atoms with Crippen LogP contribution in [0.4, 0.5) is 0 Å². The molecule has 4 heteroatoms. The summed E-state index contributed by atoms with van der Waals surface area (Å²) in [5, 5.41) is 9.09. The highest BCUT2D eigenvalue weighted by molar-refractivity contribution is 9.10. The summed E-state index contributed by atoms with van der Waals surface area (Å²) in [6.45, 7) is 6.45. The van der Waals surface area contributed by atoms with Gasteiger partial charge >= 0.3 is 0 Å². The number of hydrogen-bond acceptors (Lipinski definition) is 2. The third-order valence-electron chi connectivity index (χ3n) is 3.34. The molecule has 0 unspecified atom stereocenters. The minimum atomic E-state index is 0.112. The van der Waals surface area contributed by atoms with Gasteiger partial charge in [-0.15, -0.1) is 0 Å². The lowest BCUT2D eigenvalue weighted by Gasteiger charge is -2.11. The molecular formula is C15H19BrN2O. The summed E-state index contributed by atoms with van der Waals surface area (Å²) < 4.78 is 2.98. The van der Waals surface area contributed by atoms with Crippen LogP contribution in [0.5, 0.6) is 0 Å². The molecule has 1 heterocycles. The highest BCUT2D eigenvalue weighted by Crippen LogP contribution is 2.31. The standard InChI is InChI=1S/C15H19BrN2O/c1-9-7-10(2)13(11(3)8-9)15-17-12(5-6-19)14(16)18(15)4/h7-8,19H,5-6H2,1-4H3. The van der Waals surface area contributed by atoms with Gasteiger partial charge in [0, 0.05) is 25.6 Å². The second kappa shape index (κ2) is 5.47. The molecule has 0 atom stereocenters. The summed E-state index contributed by atoms with van der Waals surface area (Å²) in [6.07, 6.45) is 0.568. The number of imidazole rings is 1. The summed E-state index contributed by atoms with van der Waals surface area (Å²) in [5.41, 5.74) is 5.81. The summed E-state index contributed by atoms with van der Waals surface area (Å²) in [4.78, 5) is 4.68. The van der Waals surface area contributed by atoms with Crippen molar-refractivity contribution in [2.45, 2.75) is 27.2 Å². The van der Waals surface area contributed by atoms with E-state index in [4.69, 9.17) is 5.11 Å². The van der Waals surface area contributed by atoms with E-state index in [9.17, 15) is 0 Å². The predicted octanol–water partition coefficient (Wildman–Crippen LogP) is 3.31. The van der Waals surface area contributed by atoms with Crippen molar-refractivity contribution in [1.82, 2.24) is 9.55 Å². The number of benzene rings is 1. The normalized spacial score (nSPS) is 11.1. The molecule has 0 saturated carbocycles. The minimum absolute atomic E-state index is 0.112. The van der Waals surface area contributed by atoms with Crippen molar-refractivity contribution in [3.05, 3.63) is 39.1 Å². The van der Waals surface area contributed by atoms with Crippen LogP contribution in [0.1, 0.15) is 22.4 Å². The molecule has 0 aliphatic rings. The van der Waals surface area contributed by atoms with Crippen molar-refractivity contribution < 1.29 is 5.11 Å². The molecule has 0 aliphatic heterocycles. The van der Waals surface area contributed by atoms with Gasteiger partial charge in [0.25, 0.3) is 0 Å². The molecule has 102 valence electrons. The van der Waals surface area contributed by atoms with E-state index in [0.29, 0.717) is 6.42 Å². The molecule has 0 spiro atoms. The second-order valence-corrected chi connectivity index (χ2v) is 5.73. The molecule has 1 aromatic carbocycles. The molecule has 0 aliphatic carbocycles. The van der Waals surface area contributed by atoms with Crippen LogP contribution >= 0.6 is 15.9 Å². The Kier molecular flexibility index (Phi) is 4.11. The van der Waals surface area contributed by atoms with E-state index in [-0.39, 0.29) is 6.61 Å². The number of aliphatic hydroxyl groups is 1. The Morgan fingerprint density at radius 1 is 1.21 bits per heavy atom. The van der Waals surface area contributed by atoms with Gasteiger partial charge in [-0.25, -0.2) is 4.98 Å². The number of rotatable bonds is 3. The average molecular weight is 323 g/mol. The number of aromatic nitrogens is 2. The van der Waals surface area contributed by atoms with Crippen LogP contribution in [0, 0.1) is 20.8 Å². The first-order chi connectivity index (χ1) is 8.95. The summed E-state index contributed by atoms with van der Waals surface area (Å²) in [6, 6.07) is 4.35. The molecule has 1 N–H and O–H groups in total. The van der Waals surface area contributed by atoms with Crippen LogP contribution in [-0.4, -0.2) is 21.3 Å². The first kappa shape index (κ1) is 14.3. The number of aryl methyl sites for hydroxylation is 3. The third-order valence-corrected chi connectivity index (χ3v) is 4.33. The van der Waals surface area contributed by atoms with Gasteiger partial charge < -0.3 is 9.67 Å². The van der Waals surface area contributed by atoms with Crippen LogP contribution < -0.4 is 0 Å². The Morgan fingerprint density at radius 2 is 1.79 bits per heavy atom. The largest absolute Gasteiger partial charge is 0.396 e. The first-order valence-corrected chi connectivity index (χ1v) is 7.15. The van der Waals surface area contributed by atoms with Crippen LogP contribution in [0.25, 0.3) is 11.4 Å². The quantitative estimate of drug-likeness (QED) is 0.941. The fourth-order valence-electron chi connectivity index (χ4n) is 2.56. The summed E-state index contributed by atoms with van der Waals surface area (Å²) in [7, 11) is 1.99. The van der Waals surface area contributed by atoms with Crippen molar-refractivity contribution in [3.63, 3.8) is 0 Å². The zero-order valence-electron chi connectivity index (χ0n) is 11.8. The van der Waals surface area contributed by atoms with Crippen molar-refractivity contribution in [2.24, 2.45) is 7.05 Å². The SMILES string of the molecule is Cc1cc(C)c(-c2nc(CCO)c(Br)n2C)c(C)c1. The molecule has 0 saturated heterocycles. The number of halogens is 1. The highest BCUT2D eigenvalue weighted by atomic mass is 79.9. The van der Waals surface area contributed by atoms with E-state index in [1.807, 2.05) is 11.6 Å². The maximum Gasteiger partial charge on any atom is 0.141 e. The fourth-order valence-corrected chi connectivity index (χ4v) is 3.01. The Balaban J connectivity index is 2.63. The van der Waals surface area contributed by atoms with E-state index in [1.54, 1.807) is 0 Å². The molecule has 2 rings (SSSR count). The second-order valence-electron chi connectivity index (χ2n) is 4.98. The molecule has 0 amide bonds. The van der Waals surface area contributed by atoms with E-state index < -0.39 is 0 Å². The Morgan fingerprint density at radius 3 is 2.32 bits per heavy atom. The van der Waals surface area contributed by atoms with E-state index >= 15 is 0 Å². The van der Waals surface area contributed by atoms with Gasteiger partial charge in [0.1, 0.15) is 10.4 Å². The smallest absolute Gasteiger partial charge is 0.141 e. The van der Waals surface area contributed by atoms with Gasteiger partial charge in [0.05, 0.1) is 5.69 Å². The Bertz CT molecular complexity index is 594. The van der Waals surface area contributed by atoms with Crippen molar-refractivity contribution in [1.29, 1.82) is 0 Å². The van der Waals surface area contributed by atoms with Crippen LogP contribution in [-0.2, 0) is 13.5 Å². The lowest BCUT2D eigenvalue weighted by molar-refractivity contribution is 0.298. The molecule has 19 heavy (non-hydrogen) atoms.